The molecule has 0 bridgehead atoms. The second-order valence-corrected chi connectivity index (χ2v) is 9.14. The van der Waals surface area contributed by atoms with Crippen LogP contribution in [-0.4, -0.2) is 33.4 Å². The lowest BCUT2D eigenvalue weighted by Crippen LogP contribution is -2.31. The molecule has 0 aliphatic carbocycles. The van der Waals surface area contributed by atoms with Crippen LogP contribution in [0.3, 0.4) is 0 Å². The number of hydrogen-bond acceptors (Lipinski definition) is 2. The van der Waals surface area contributed by atoms with E-state index in [0.717, 1.165) is 34.9 Å². The number of carboxylic acids is 1. The summed E-state index contributed by atoms with van der Waals surface area (Å²) in [6, 6.07) is 32.8. The van der Waals surface area contributed by atoms with Crippen molar-refractivity contribution < 1.29 is 14.7 Å². The third kappa shape index (κ3) is 5.62. The van der Waals surface area contributed by atoms with Gasteiger partial charge in [-0.1, -0.05) is 72.8 Å². The van der Waals surface area contributed by atoms with Crippen LogP contribution in [0.25, 0.3) is 22.0 Å². The molecule has 0 saturated carbocycles. The Morgan fingerprint density at radius 1 is 0.784 bits per heavy atom. The maximum absolute atomic E-state index is 13.6. The lowest BCUT2D eigenvalue weighted by atomic mass is 9.98. The van der Waals surface area contributed by atoms with Gasteiger partial charge < -0.3 is 15.0 Å². The lowest BCUT2D eigenvalue weighted by molar-refractivity contribution is 0.0696. The summed E-state index contributed by atoms with van der Waals surface area (Å²) < 4.78 is 0. The SMILES string of the molecule is O=C(O)c1ccccc1-c1ccc(CN(CCCc2ccccc2)C(=O)c2ccc3[nH]ccc3c2)cc1. The van der Waals surface area contributed by atoms with E-state index in [0.29, 0.717) is 24.2 Å². The highest BCUT2D eigenvalue weighted by molar-refractivity contribution is 5.98. The molecule has 5 aromatic rings. The summed E-state index contributed by atoms with van der Waals surface area (Å²) in [5, 5.41) is 10.6. The number of aromatic nitrogens is 1. The maximum Gasteiger partial charge on any atom is 0.336 e. The van der Waals surface area contributed by atoms with Crippen LogP contribution in [0.15, 0.2) is 109 Å². The molecule has 0 fully saturated rings. The minimum atomic E-state index is -0.950. The van der Waals surface area contributed by atoms with E-state index in [2.05, 4.69) is 17.1 Å². The van der Waals surface area contributed by atoms with Gasteiger partial charge in [-0.15, -0.1) is 0 Å². The van der Waals surface area contributed by atoms with Crippen LogP contribution in [0.4, 0.5) is 0 Å². The van der Waals surface area contributed by atoms with E-state index >= 15 is 0 Å². The molecule has 4 aromatic carbocycles. The molecule has 5 nitrogen and oxygen atoms in total. The Labute approximate surface area is 216 Å². The third-order valence-corrected chi connectivity index (χ3v) is 6.62. The summed E-state index contributed by atoms with van der Waals surface area (Å²) in [6.07, 6.45) is 3.62. The molecule has 0 aliphatic heterocycles. The van der Waals surface area contributed by atoms with Crippen LogP contribution < -0.4 is 0 Å². The molecule has 1 heterocycles. The molecule has 0 radical (unpaired) electrons. The van der Waals surface area contributed by atoms with Gasteiger partial charge in [-0.3, -0.25) is 4.79 Å². The van der Waals surface area contributed by atoms with Gasteiger partial charge in [0.2, 0.25) is 0 Å². The molecule has 184 valence electrons. The zero-order chi connectivity index (χ0) is 25.6. The molecular formula is C32H28N2O3. The predicted octanol–water partition coefficient (Wildman–Crippen LogP) is 6.81. The predicted molar refractivity (Wildman–Crippen MR) is 147 cm³/mol. The normalized spacial score (nSPS) is 10.9. The van der Waals surface area contributed by atoms with Gasteiger partial charge in [0.15, 0.2) is 0 Å². The number of carboxylic acid groups (broad SMARTS) is 1. The average Bonchev–Trinajstić information content (AvgIpc) is 3.41. The highest BCUT2D eigenvalue weighted by Gasteiger charge is 2.17. The zero-order valence-electron chi connectivity index (χ0n) is 20.4. The Bertz CT molecular complexity index is 1520. The van der Waals surface area contributed by atoms with Crippen molar-refractivity contribution in [2.45, 2.75) is 19.4 Å². The van der Waals surface area contributed by atoms with E-state index in [1.807, 2.05) is 90.0 Å². The lowest BCUT2D eigenvalue weighted by Gasteiger charge is -2.23. The van der Waals surface area contributed by atoms with Crippen LogP contribution in [0.5, 0.6) is 0 Å². The first-order chi connectivity index (χ1) is 18.1. The molecule has 5 rings (SSSR count). The number of carbonyl (C=O) groups is 2. The van der Waals surface area contributed by atoms with E-state index in [4.69, 9.17) is 0 Å². The first-order valence-electron chi connectivity index (χ1n) is 12.4. The van der Waals surface area contributed by atoms with Gasteiger partial charge in [-0.2, -0.15) is 0 Å². The summed E-state index contributed by atoms with van der Waals surface area (Å²) in [5.74, 6) is -0.953. The van der Waals surface area contributed by atoms with Crippen molar-refractivity contribution in [3.63, 3.8) is 0 Å². The summed E-state index contributed by atoms with van der Waals surface area (Å²) in [7, 11) is 0. The Balaban J connectivity index is 1.37. The van der Waals surface area contributed by atoms with Gasteiger partial charge in [-0.25, -0.2) is 4.79 Å². The number of carbonyl (C=O) groups excluding carboxylic acids is 1. The van der Waals surface area contributed by atoms with Crippen molar-refractivity contribution in [3.05, 3.63) is 132 Å². The molecule has 0 aliphatic rings. The first kappa shape index (κ1) is 24.1. The molecule has 0 unspecified atom stereocenters. The monoisotopic (exact) mass is 488 g/mol. The van der Waals surface area contributed by atoms with E-state index in [-0.39, 0.29) is 11.5 Å². The largest absolute Gasteiger partial charge is 0.478 e. The van der Waals surface area contributed by atoms with Crippen LogP contribution in [0.2, 0.25) is 0 Å². The molecule has 0 saturated heterocycles. The molecule has 5 heteroatoms. The fraction of sp³-hybridized carbons (Fsp3) is 0.125. The van der Waals surface area contributed by atoms with Crippen LogP contribution >= 0.6 is 0 Å². The van der Waals surface area contributed by atoms with E-state index < -0.39 is 5.97 Å². The average molecular weight is 489 g/mol. The molecule has 1 aromatic heterocycles. The fourth-order valence-electron chi connectivity index (χ4n) is 4.67. The van der Waals surface area contributed by atoms with Crippen LogP contribution in [0, 0.1) is 0 Å². The van der Waals surface area contributed by atoms with Gasteiger partial charge in [0.1, 0.15) is 0 Å². The molecular weight excluding hydrogens is 460 g/mol. The van der Waals surface area contributed by atoms with Crippen molar-refractivity contribution in [2.24, 2.45) is 0 Å². The molecule has 1 amide bonds. The second kappa shape index (κ2) is 11.0. The number of aryl methyl sites for hydroxylation is 1. The van der Waals surface area contributed by atoms with Gasteiger partial charge >= 0.3 is 5.97 Å². The summed E-state index contributed by atoms with van der Waals surface area (Å²) in [6.45, 7) is 1.10. The Hall–Kier alpha value is -4.64. The van der Waals surface area contributed by atoms with Gasteiger partial charge in [0.05, 0.1) is 5.56 Å². The van der Waals surface area contributed by atoms with Crippen LogP contribution in [-0.2, 0) is 13.0 Å². The molecule has 0 atom stereocenters. The number of nitrogens with one attached hydrogen (secondary N) is 1. The Morgan fingerprint density at radius 2 is 1.54 bits per heavy atom. The molecule has 0 spiro atoms. The number of nitrogens with zero attached hydrogens (tertiary/aromatic N) is 1. The van der Waals surface area contributed by atoms with Crippen molar-refractivity contribution in [3.8, 4) is 11.1 Å². The van der Waals surface area contributed by atoms with Crippen molar-refractivity contribution in [2.75, 3.05) is 6.54 Å². The van der Waals surface area contributed by atoms with E-state index in [1.165, 1.54) is 5.56 Å². The van der Waals surface area contributed by atoms with Crippen molar-refractivity contribution >= 4 is 22.8 Å². The molecule has 37 heavy (non-hydrogen) atoms. The topological polar surface area (TPSA) is 73.4 Å². The number of H-pyrrole nitrogens is 1. The minimum absolute atomic E-state index is 0.00328. The number of aromatic amines is 1. The fourth-order valence-corrected chi connectivity index (χ4v) is 4.67. The number of hydrogen-bond donors (Lipinski definition) is 2. The van der Waals surface area contributed by atoms with Crippen LogP contribution in [0.1, 0.15) is 38.3 Å². The summed E-state index contributed by atoms with van der Waals surface area (Å²) in [5.41, 5.74) is 5.70. The number of rotatable bonds is 9. The Morgan fingerprint density at radius 3 is 2.32 bits per heavy atom. The van der Waals surface area contributed by atoms with E-state index in [1.54, 1.807) is 12.1 Å². The summed E-state index contributed by atoms with van der Waals surface area (Å²) in [4.78, 5) is 30.3. The van der Waals surface area contributed by atoms with Crippen molar-refractivity contribution in [1.82, 2.24) is 9.88 Å². The van der Waals surface area contributed by atoms with Crippen molar-refractivity contribution in [1.29, 1.82) is 0 Å². The number of fused-ring (bicyclic) bond motifs is 1. The Kier molecular flexibility index (Phi) is 7.13. The highest BCUT2D eigenvalue weighted by Crippen LogP contribution is 2.25. The maximum atomic E-state index is 13.6. The summed E-state index contributed by atoms with van der Waals surface area (Å²) >= 11 is 0. The van der Waals surface area contributed by atoms with Gasteiger partial charge in [0.25, 0.3) is 5.91 Å². The van der Waals surface area contributed by atoms with Gasteiger partial charge in [0, 0.05) is 35.8 Å². The highest BCUT2D eigenvalue weighted by atomic mass is 16.4. The number of amides is 1. The number of benzene rings is 4. The minimum Gasteiger partial charge on any atom is -0.478 e. The standard InChI is InChI=1S/C32H28N2O3/c35-31(27-16-17-30-26(21-27)18-19-33-30)34(20-6-9-23-7-2-1-3-8-23)22-24-12-14-25(15-13-24)28-10-4-5-11-29(28)32(36)37/h1-5,7-8,10-19,21,33H,6,9,20,22H2,(H,36,37). The first-order valence-corrected chi connectivity index (χ1v) is 12.4. The quantitative estimate of drug-likeness (QED) is 0.239. The third-order valence-electron chi connectivity index (χ3n) is 6.62. The zero-order valence-corrected chi connectivity index (χ0v) is 20.4. The number of aromatic carboxylic acids is 1. The van der Waals surface area contributed by atoms with E-state index in [9.17, 15) is 14.7 Å². The second-order valence-electron chi connectivity index (χ2n) is 9.14. The molecule has 2 N–H and O–H groups in total. The van der Waals surface area contributed by atoms with Gasteiger partial charge in [-0.05, 0) is 65.4 Å². The smallest absolute Gasteiger partial charge is 0.336 e.